The highest BCUT2D eigenvalue weighted by atomic mass is 16.2. The molecule has 10 nitrogen and oxygen atoms in total. The van der Waals surface area contributed by atoms with Crippen LogP contribution in [0.15, 0.2) is 48.1 Å². The van der Waals surface area contributed by atoms with Gasteiger partial charge in [0.2, 0.25) is 11.8 Å². The molecule has 2 fully saturated rings. The predicted molar refractivity (Wildman–Crippen MR) is 116 cm³/mol. The molecule has 2 heterocycles. The number of nitrogens with zero attached hydrogens (tertiary/aromatic N) is 2. The highest BCUT2D eigenvalue weighted by Crippen LogP contribution is 2.22. The molecule has 2 aliphatic carbocycles. The highest BCUT2D eigenvalue weighted by Gasteiger charge is 2.25. The fourth-order valence-electron chi connectivity index (χ4n) is 3.37. The van der Waals surface area contributed by atoms with Gasteiger partial charge in [-0.3, -0.25) is 19.4 Å². The van der Waals surface area contributed by atoms with Crippen LogP contribution in [0.25, 0.3) is 0 Å². The number of allylic oxidation sites excluding steroid dienone is 2. The van der Waals surface area contributed by atoms with Crippen LogP contribution in [0.5, 0.6) is 0 Å². The molecule has 0 radical (unpaired) electrons. The number of urea groups is 2. The van der Waals surface area contributed by atoms with Crippen LogP contribution >= 0.6 is 0 Å². The van der Waals surface area contributed by atoms with E-state index in [1.54, 1.807) is 37.0 Å². The van der Waals surface area contributed by atoms with Gasteiger partial charge in [0, 0.05) is 49.7 Å². The van der Waals surface area contributed by atoms with E-state index in [0.717, 1.165) is 36.8 Å². The second-order valence-corrected chi connectivity index (χ2v) is 8.46. The summed E-state index contributed by atoms with van der Waals surface area (Å²) in [5, 5.41) is 5.85. The van der Waals surface area contributed by atoms with Crippen molar-refractivity contribution < 1.29 is 19.2 Å². The van der Waals surface area contributed by atoms with Crippen LogP contribution in [0, 0.1) is 0 Å². The minimum Gasteiger partial charge on any atom is -0.353 e. The van der Waals surface area contributed by atoms with E-state index >= 15 is 0 Å². The number of hydrogen-bond acceptors (Lipinski definition) is 4. The van der Waals surface area contributed by atoms with Crippen molar-refractivity contribution in [1.82, 2.24) is 31.3 Å². The van der Waals surface area contributed by atoms with E-state index in [1.807, 2.05) is 0 Å². The topological polar surface area (TPSA) is 123 Å². The van der Waals surface area contributed by atoms with Crippen molar-refractivity contribution in [2.24, 2.45) is 0 Å². The van der Waals surface area contributed by atoms with Crippen LogP contribution in [0.1, 0.15) is 51.4 Å². The molecule has 0 aromatic carbocycles. The van der Waals surface area contributed by atoms with E-state index < -0.39 is 12.1 Å². The molecule has 4 rings (SSSR count). The third-order valence-corrected chi connectivity index (χ3v) is 5.34. The lowest BCUT2D eigenvalue weighted by Crippen LogP contribution is -2.49. The van der Waals surface area contributed by atoms with E-state index in [-0.39, 0.29) is 24.7 Å². The van der Waals surface area contributed by atoms with Gasteiger partial charge in [-0.1, -0.05) is 12.2 Å². The number of rotatable bonds is 6. The summed E-state index contributed by atoms with van der Waals surface area (Å²) in [7, 11) is 0. The van der Waals surface area contributed by atoms with Gasteiger partial charge in [-0.15, -0.1) is 0 Å². The smallest absolute Gasteiger partial charge is 0.344 e. The largest absolute Gasteiger partial charge is 0.353 e. The fraction of sp³-hybridized carbons (Fsp3) is 0.455. The minimum absolute atomic E-state index is 0.0481. The van der Waals surface area contributed by atoms with E-state index in [4.69, 9.17) is 0 Å². The Hall–Kier alpha value is -3.56. The Kier molecular flexibility index (Phi) is 6.58. The van der Waals surface area contributed by atoms with Gasteiger partial charge in [0.15, 0.2) is 0 Å². The molecule has 10 heteroatoms. The van der Waals surface area contributed by atoms with Gasteiger partial charge in [0.25, 0.3) is 0 Å². The number of carbonyl (C=O) groups is 4. The maximum atomic E-state index is 12.4. The minimum atomic E-state index is -0.552. The first-order valence-electron chi connectivity index (χ1n) is 10.9. The average Bonchev–Trinajstić information content (AvgIpc) is 3.70. The van der Waals surface area contributed by atoms with E-state index in [0.29, 0.717) is 24.9 Å². The Morgan fingerprint density at radius 3 is 1.50 bits per heavy atom. The van der Waals surface area contributed by atoms with Crippen molar-refractivity contribution in [3.8, 4) is 0 Å². The molecule has 0 aromatic rings. The lowest BCUT2D eigenvalue weighted by molar-refractivity contribution is -0.121. The second-order valence-electron chi connectivity index (χ2n) is 8.46. The van der Waals surface area contributed by atoms with Crippen LogP contribution in [-0.4, -0.2) is 45.8 Å². The quantitative estimate of drug-likeness (QED) is 0.471. The molecule has 0 saturated heterocycles. The van der Waals surface area contributed by atoms with Crippen molar-refractivity contribution in [1.29, 1.82) is 0 Å². The Balaban J connectivity index is 1.23. The normalized spacial score (nSPS) is 19.6. The lowest BCUT2D eigenvalue weighted by Gasteiger charge is -2.23. The van der Waals surface area contributed by atoms with E-state index in [2.05, 4.69) is 21.5 Å². The molecule has 6 amide bonds. The molecule has 4 N–H and O–H groups in total. The molecule has 2 saturated carbocycles. The van der Waals surface area contributed by atoms with Gasteiger partial charge in [-0.2, -0.15) is 0 Å². The maximum absolute atomic E-state index is 12.4. The average molecular weight is 441 g/mol. The van der Waals surface area contributed by atoms with Crippen LogP contribution in [-0.2, 0) is 9.59 Å². The zero-order chi connectivity index (χ0) is 22.5. The van der Waals surface area contributed by atoms with Gasteiger partial charge in [-0.25, -0.2) is 20.4 Å². The van der Waals surface area contributed by atoms with Crippen LogP contribution in [0.4, 0.5) is 9.59 Å². The molecule has 32 heavy (non-hydrogen) atoms. The van der Waals surface area contributed by atoms with Gasteiger partial charge in [-0.05, 0) is 49.7 Å². The summed E-state index contributed by atoms with van der Waals surface area (Å²) in [5.74, 6) is -0.0963. The summed E-state index contributed by atoms with van der Waals surface area (Å²) in [6.07, 6.45) is 15.7. The molecule has 170 valence electrons. The summed E-state index contributed by atoms with van der Waals surface area (Å²) in [4.78, 5) is 51.4. The third kappa shape index (κ3) is 6.47. The fourth-order valence-corrected chi connectivity index (χ4v) is 3.37. The first-order chi connectivity index (χ1) is 15.5. The first kappa shape index (κ1) is 21.7. The predicted octanol–water partition coefficient (Wildman–Crippen LogP) is 1.86. The molecule has 0 atom stereocenters. The number of hydrogen-bond donors (Lipinski definition) is 4. The third-order valence-electron chi connectivity index (χ3n) is 5.34. The Morgan fingerprint density at radius 1 is 0.719 bits per heavy atom. The molecule has 4 aliphatic rings. The Morgan fingerprint density at radius 2 is 1.12 bits per heavy atom. The number of hydrazine groups is 1. The number of nitrogens with one attached hydrogen (secondary N) is 4. The van der Waals surface area contributed by atoms with Gasteiger partial charge < -0.3 is 10.6 Å². The second kappa shape index (κ2) is 9.71. The molecule has 0 unspecified atom stereocenters. The molecule has 2 aliphatic heterocycles. The van der Waals surface area contributed by atoms with Crippen LogP contribution in [0.3, 0.4) is 0 Å². The summed E-state index contributed by atoms with van der Waals surface area (Å²) in [6, 6.07) is -0.516. The molecular weight excluding hydrogens is 412 g/mol. The summed E-state index contributed by atoms with van der Waals surface area (Å²) in [5.41, 5.74) is 6.34. The van der Waals surface area contributed by atoms with Gasteiger partial charge in [0.1, 0.15) is 0 Å². The van der Waals surface area contributed by atoms with Crippen molar-refractivity contribution >= 4 is 23.9 Å². The monoisotopic (exact) mass is 440 g/mol. The van der Waals surface area contributed by atoms with Crippen LogP contribution in [0.2, 0.25) is 0 Å². The van der Waals surface area contributed by atoms with E-state index in [1.165, 1.54) is 9.80 Å². The van der Waals surface area contributed by atoms with Crippen molar-refractivity contribution in [3.63, 3.8) is 0 Å². The molecule has 0 bridgehead atoms. The molecule has 0 spiro atoms. The molecule has 0 aromatic heterocycles. The van der Waals surface area contributed by atoms with Crippen molar-refractivity contribution in [2.45, 2.75) is 63.5 Å². The zero-order valence-electron chi connectivity index (χ0n) is 17.8. The van der Waals surface area contributed by atoms with Crippen molar-refractivity contribution in [3.05, 3.63) is 48.1 Å². The van der Waals surface area contributed by atoms with E-state index in [9.17, 15) is 19.2 Å². The first-order valence-corrected chi connectivity index (χ1v) is 10.9. The standard InChI is InChI=1S/C22H28N6O4/c29-19(23-17-5-6-17)11-15-3-1-9-27(13-15)21(31)25-26-22(32)28-10-2-4-16(14-28)12-20(30)24-18-7-8-18/h1-2,9-10,13-14,17-18H,3-8,11-12H2,(H,23,29)(H,24,30)(H,25,31)(H,26,32). The molecular formula is C22H28N6O4. The Bertz CT molecular complexity index is 839. The summed E-state index contributed by atoms with van der Waals surface area (Å²) >= 11 is 0. The maximum Gasteiger partial charge on any atom is 0.344 e. The summed E-state index contributed by atoms with van der Waals surface area (Å²) < 4.78 is 0. The number of amides is 6. The van der Waals surface area contributed by atoms with Crippen molar-refractivity contribution in [2.75, 3.05) is 0 Å². The van der Waals surface area contributed by atoms with Gasteiger partial charge >= 0.3 is 12.1 Å². The zero-order valence-corrected chi connectivity index (χ0v) is 17.8. The Labute approximate surface area is 186 Å². The summed E-state index contributed by atoms with van der Waals surface area (Å²) in [6.45, 7) is 0. The van der Waals surface area contributed by atoms with Crippen LogP contribution < -0.4 is 21.5 Å². The van der Waals surface area contributed by atoms with Gasteiger partial charge in [0.05, 0.1) is 0 Å². The highest BCUT2D eigenvalue weighted by molar-refractivity contribution is 5.84. The lowest BCUT2D eigenvalue weighted by atomic mass is 10.1. The number of carbonyl (C=O) groups excluding carboxylic acids is 4. The SMILES string of the molecule is O=C(CC1=CN(C(=O)NNC(=O)N2C=CCC(CC(=O)NC3CC3)=C2)C=CC1)NC1CC1.